The van der Waals surface area contributed by atoms with Gasteiger partial charge in [0.2, 0.25) is 5.78 Å². The average Bonchev–Trinajstić information content (AvgIpc) is 3.23. The third-order valence-electron chi connectivity index (χ3n) is 7.06. The lowest BCUT2D eigenvalue weighted by Gasteiger charge is -2.25. The van der Waals surface area contributed by atoms with Crippen molar-refractivity contribution in [3.8, 4) is 17.2 Å². The van der Waals surface area contributed by atoms with Gasteiger partial charge in [0.25, 0.3) is 0 Å². The summed E-state index contributed by atoms with van der Waals surface area (Å²) < 4.78 is 22.6. The van der Waals surface area contributed by atoms with Crippen LogP contribution in [0.25, 0.3) is 17.0 Å². The van der Waals surface area contributed by atoms with Gasteiger partial charge >= 0.3 is 5.97 Å². The average molecular weight is 509 g/mol. The summed E-state index contributed by atoms with van der Waals surface area (Å²) in [5.74, 6) is 0.133. The fraction of sp³-hybridized carbons (Fsp3) is 0.194. The Labute approximate surface area is 218 Å². The molecule has 0 fully saturated rings. The second-order valence-electron chi connectivity index (χ2n) is 9.73. The van der Waals surface area contributed by atoms with Gasteiger partial charge in [0.15, 0.2) is 11.2 Å². The number of carbonyl (C=O) groups excluding carboxylic acids is 2. The molecule has 0 radical (unpaired) electrons. The minimum atomic E-state index is -0.717. The normalized spacial score (nSPS) is 17.4. The molecule has 0 spiro atoms. The van der Waals surface area contributed by atoms with Crippen LogP contribution in [0.3, 0.4) is 0 Å². The van der Waals surface area contributed by atoms with Gasteiger partial charge in [0, 0.05) is 17.0 Å². The highest BCUT2D eigenvalue weighted by Gasteiger charge is 2.39. The molecule has 1 atom stereocenters. The number of hydrogen-bond acceptors (Lipinski definition) is 7. The Hall–Kier alpha value is -4.65. The predicted molar refractivity (Wildman–Crippen MR) is 141 cm³/mol. The summed E-state index contributed by atoms with van der Waals surface area (Å²) in [6, 6.07) is 16.1. The summed E-state index contributed by atoms with van der Waals surface area (Å²) in [4.78, 5) is 39.4. The number of benzene rings is 3. The van der Waals surface area contributed by atoms with E-state index >= 15 is 0 Å². The fourth-order valence-corrected chi connectivity index (χ4v) is 4.99. The smallest absolute Gasteiger partial charge is 0.312 e. The molecule has 6 rings (SSSR count). The number of esters is 1. The van der Waals surface area contributed by atoms with Gasteiger partial charge < -0.3 is 18.6 Å². The molecule has 0 saturated heterocycles. The van der Waals surface area contributed by atoms with E-state index in [2.05, 4.69) is 13.8 Å². The lowest BCUT2D eigenvalue weighted by atomic mass is 9.85. The van der Waals surface area contributed by atoms with Crippen LogP contribution in [0.5, 0.6) is 17.2 Å². The molecule has 190 valence electrons. The summed E-state index contributed by atoms with van der Waals surface area (Å²) in [7, 11) is 1.52. The molecule has 0 N–H and O–H groups in total. The van der Waals surface area contributed by atoms with Crippen molar-refractivity contribution in [1.82, 2.24) is 0 Å². The van der Waals surface area contributed by atoms with Crippen LogP contribution in [0, 0.1) is 0 Å². The Morgan fingerprint density at radius 3 is 2.50 bits per heavy atom. The quantitative estimate of drug-likeness (QED) is 0.190. The van der Waals surface area contributed by atoms with Gasteiger partial charge in [0.05, 0.1) is 30.7 Å². The van der Waals surface area contributed by atoms with E-state index in [1.54, 1.807) is 36.4 Å². The van der Waals surface area contributed by atoms with Crippen LogP contribution in [0.1, 0.15) is 64.7 Å². The van der Waals surface area contributed by atoms with E-state index in [0.717, 1.165) is 5.56 Å². The lowest BCUT2D eigenvalue weighted by Crippen LogP contribution is -2.25. The molecular weight excluding hydrogens is 484 g/mol. The molecule has 0 saturated carbocycles. The summed E-state index contributed by atoms with van der Waals surface area (Å²) in [5, 5.41) is 0.331. The maximum atomic E-state index is 13.6. The van der Waals surface area contributed by atoms with Gasteiger partial charge in [-0.05, 0) is 53.5 Å². The minimum Gasteiger partial charge on any atom is -0.497 e. The second-order valence-corrected chi connectivity index (χ2v) is 9.73. The Morgan fingerprint density at radius 2 is 1.76 bits per heavy atom. The molecule has 3 aromatic carbocycles. The van der Waals surface area contributed by atoms with Gasteiger partial charge in [0.1, 0.15) is 22.8 Å². The second kappa shape index (κ2) is 9.03. The standard InChI is InChI=1S/C31H24O7/c1-16(2)18-6-4-17(5-7-18)12-26-30(34)20-9-11-25-28(31(20)38-26)21(14-27(32)37-25)23-15-36-24-10-8-19(35-3)13-22(24)29(23)33/h4-13,15-16,21H,14H2,1-3H3/b26-12-. The number of ketones is 1. The first-order chi connectivity index (χ1) is 18.3. The van der Waals surface area contributed by atoms with Crippen molar-refractivity contribution in [2.45, 2.75) is 32.1 Å². The molecule has 38 heavy (non-hydrogen) atoms. The molecule has 2 aliphatic rings. The Bertz CT molecular complexity index is 1710. The van der Waals surface area contributed by atoms with E-state index in [1.807, 2.05) is 24.3 Å². The fourth-order valence-electron chi connectivity index (χ4n) is 4.99. The molecule has 7 nitrogen and oxygen atoms in total. The number of rotatable bonds is 4. The molecule has 1 unspecified atom stereocenters. The summed E-state index contributed by atoms with van der Waals surface area (Å²) >= 11 is 0. The molecule has 0 amide bonds. The molecule has 2 aliphatic heterocycles. The zero-order valence-corrected chi connectivity index (χ0v) is 21.1. The van der Waals surface area contributed by atoms with Gasteiger partial charge in [-0.2, -0.15) is 0 Å². The monoisotopic (exact) mass is 508 g/mol. The molecule has 0 aliphatic carbocycles. The van der Waals surface area contributed by atoms with E-state index in [0.29, 0.717) is 39.5 Å². The first-order valence-electron chi connectivity index (χ1n) is 12.3. The van der Waals surface area contributed by atoms with Crippen molar-refractivity contribution < 1.29 is 28.2 Å². The zero-order valence-electron chi connectivity index (χ0n) is 21.1. The third-order valence-corrected chi connectivity index (χ3v) is 7.06. The van der Waals surface area contributed by atoms with E-state index in [1.165, 1.54) is 18.9 Å². The third kappa shape index (κ3) is 3.87. The van der Waals surface area contributed by atoms with Crippen molar-refractivity contribution in [3.63, 3.8) is 0 Å². The van der Waals surface area contributed by atoms with Gasteiger partial charge in [-0.25, -0.2) is 0 Å². The van der Waals surface area contributed by atoms with Gasteiger partial charge in [-0.15, -0.1) is 0 Å². The Morgan fingerprint density at radius 1 is 0.974 bits per heavy atom. The van der Waals surface area contributed by atoms with Crippen molar-refractivity contribution in [2.24, 2.45) is 0 Å². The highest BCUT2D eigenvalue weighted by molar-refractivity contribution is 6.15. The molecule has 7 heteroatoms. The number of hydrogen-bond donors (Lipinski definition) is 0. The van der Waals surface area contributed by atoms with E-state index < -0.39 is 11.9 Å². The molecule has 3 heterocycles. The number of methoxy groups -OCH3 is 1. The number of Topliss-reactive ketones (excluding diaryl/α,β-unsaturated/α-hetero) is 1. The van der Waals surface area contributed by atoms with Crippen LogP contribution in [0.2, 0.25) is 0 Å². The first kappa shape index (κ1) is 23.7. The minimum absolute atomic E-state index is 0.100. The molecule has 1 aromatic heterocycles. The summed E-state index contributed by atoms with van der Waals surface area (Å²) in [6.07, 6.45) is 2.96. The first-order valence-corrected chi connectivity index (χ1v) is 12.3. The van der Waals surface area contributed by atoms with Crippen molar-refractivity contribution in [3.05, 3.63) is 105 Å². The number of fused-ring (bicyclic) bond motifs is 4. The maximum absolute atomic E-state index is 13.6. The highest BCUT2D eigenvalue weighted by atomic mass is 16.5. The topological polar surface area (TPSA) is 92.0 Å². The lowest BCUT2D eigenvalue weighted by molar-refractivity contribution is -0.135. The van der Waals surface area contributed by atoms with E-state index in [-0.39, 0.29) is 34.7 Å². The van der Waals surface area contributed by atoms with E-state index in [4.69, 9.17) is 18.6 Å². The number of ether oxygens (including phenoxy) is 3. The summed E-state index contributed by atoms with van der Waals surface area (Å²) in [6.45, 7) is 4.24. The highest BCUT2D eigenvalue weighted by Crippen LogP contribution is 2.48. The number of allylic oxidation sites excluding steroid dienone is 1. The Balaban J connectivity index is 1.45. The zero-order chi connectivity index (χ0) is 26.6. The summed E-state index contributed by atoms with van der Waals surface area (Å²) in [5.41, 5.74) is 3.23. The maximum Gasteiger partial charge on any atom is 0.312 e. The van der Waals surface area contributed by atoms with Crippen LogP contribution >= 0.6 is 0 Å². The van der Waals surface area contributed by atoms with Crippen LogP contribution in [0.4, 0.5) is 0 Å². The largest absolute Gasteiger partial charge is 0.497 e. The predicted octanol–water partition coefficient (Wildman–Crippen LogP) is 5.98. The van der Waals surface area contributed by atoms with Crippen LogP contribution < -0.4 is 19.6 Å². The SMILES string of the molecule is COc1ccc2occ(C3CC(=O)Oc4ccc5c(c43)O/C(=C\c3ccc(C(C)C)cc3)C5=O)c(=O)c2c1. The van der Waals surface area contributed by atoms with Crippen molar-refractivity contribution >= 4 is 28.8 Å². The van der Waals surface area contributed by atoms with Gasteiger partial charge in [-0.3, -0.25) is 14.4 Å². The van der Waals surface area contributed by atoms with Crippen LogP contribution in [0.15, 0.2) is 75.8 Å². The molecular formula is C31H24O7. The molecule has 4 aromatic rings. The number of carbonyl (C=O) groups is 2. The van der Waals surface area contributed by atoms with E-state index in [9.17, 15) is 14.4 Å². The van der Waals surface area contributed by atoms with Crippen molar-refractivity contribution in [1.29, 1.82) is 0 Å². The Kier molecular flexibility index (Phi) is 5.64. The van der Waals surface area contributed by atoms with Crippen LogP contribution in [-0.4, -0.2) is 18.9 Å². The molecule has 0 bridgehead atoms. The van der Waals surface area contributed by atoms with Gasteiger partial charge in [-0.1, -0.05) is 38.1 Å². The van der Waals surface area contributed by atoms with Crippen molar-refractivity contribution in [2.75, 3.05) is 7.11 Å². The van der Waals surface area contributed by atoms with Crippen LogP contribution in [-0.2, 0) is 4.79 Å².